The molecule has 5 nitrogen and oxygen atoms in total. The molecule has 0 heterocycles. The van der Waals surface area contributed by atoms with Gasteiger partial charge in [0.15, 0.2) is 0 Å². The van der Waals surface area contributed by atoms with Crippen LogP contribution >= 0.6 is 0 Å². The maximum atomic E-state index is 11.3. The van der Waals surface area contributed by atoms with E-state index in [1.807, 2.05) is 20.8 Å². The fourth-order valence-electron chi connectivity index (χ4n) is 1.70. The van der Waals surface area contributed by atoms with Crippen LogP contribution in [0.25, 0.3) is 0 Å². The molecule has 1 rings (SSSR count). The fraction of sp³-hybridized carbons (Fsp3) is 0.385. The average molecular weight is 250 g/mol. The van der Waals surface area contributed by atoms with Crippen LogP contribution in [0.15, 0.2) is 18.2 Å². The number of benzene rings is 1. The number of amides is 1. The molecule has 1 aromatic carbocycles. The molecule has 0 aliphatic rings. The van der Waals surface area contributed by atoms with E-state index in [0.717, 1.165) is 5.56 Å². The Morgan fingerprint density at radius 2 is 1.94 bits per heavy atom. The van der Waals surface area contributed by atoms with Gasteiger partial charge in [-0.25, -0.2) is 4.79 Å². The Bertz CT molecular complexity index is 469. The van der Waals surface area contributed by atoms with Crippen molar-refractivity contribution in [3.63, 3.8) is 0 Å². The molecule has 0 saturated heterocycles. The van der Waals surface area contributed by atoms with Gasteiger partial charge in [-0.1, -0.05) is 19.9 Å². The summed E-state index contributed by atoms with van der Waals surface area (Å²) in [5.41, 5.74) is 6.76. The predicted octanol–water partition coefficient (Wildman–Crippen LogP) is 1.62. The predicted molar refractivity (Wildman–Crippen MR) is 69.6 cm³/mol. The normalized spacial score (nSPS) is 12.2. The highest BCUT2D eigenvalue weighted by atomic mass is 16.4. The molecule has 0 radical (unpaired) electrons. The first-order valence-corrected chi connectivity index (χ1v) is 5.72. The lowest BCUT2D eigenvalue weighted by molar-refractivity contribution is -0.119. The van der Waals surface area contributed by atoms with Crippen LogP contribution in [0.5, 0.6) is 0 Å². The van der Waals surface area contributed by atoms with Gasteiger partial charge in [-0.05, 0) is 30.5 Å². The van der Waals surface area contributed by atoms with Crippen molar-refractivity contribution in [2.75, 3.05) is 5.32 Å². The SMILES string of the molecule is Cc1ccc(C(=O)O)c(NC(C(N)=O)C(C)C)c1. The van der Waals surface area contributed by atoms with Gasteiger partial charge in [0.05, 0.1) is 5.56 Å². The molecular formula is C13H18N2O3. The first kappa shape index (κ1) is 14.0. The number of carboxylic acids is 1. The van der Waals surface area contributed by atoms with Crippen molar-refractivity contribution in [3.8, 4) is 0 Å². The van der Waals surface area contributed by atoms with E-state index < -0.39 is 17.9 Å². The van der Waals surface area contributed by atoms with Crippen LogP contribution in [0, 0.1) is 12.8 Å². The maximum Gasteiger partial charge on any atom is 0.337 e. The van der Waals surface area contributed by atoms with E-state index in [-0.39, 0.29) is 11.5 Å². The quantitative estimate of drug-likeness (QED) is 0.740. The van der Waals surface area contributed by atoms with E-state index in [2.05, 4.69) is 5.32 Å². The molecule has 0 bridgehead atoms. The van der Waals surface area contributed by atoms with Crippen LogP contribution in [0.3, 0.4) is 0 Å². The number of rotatable bonds is 5. The number of hydrogen-bond acceptors (Lipinski definition) is 3. The van der Waals surface area contributed by atoms with Gasteiger partial charge in [-0.15, -0.1) is 0 Å². The second-order valence-corrected chi connectivity index (χ2v) is 4.62. The van der Waals surface area contributed by atoms with Gasteiger partial charge in [0.2, 0.25) is 5.91 Å². The molecule has 1 amide bonds. The number of nitrogens with one attached hydrogen (secondary N) is 1. The molecule has 0 aliphatic carbocycles. The minimum absolute atomic E-state index is 0.0235. The molecule has 0 aromatic heterocycles. The van der Waals surface area contributed by atoms with Crippen LogP contribution in [-0.4, -0.2) is 23.0 Å². The summed E-state index contributed by atoms with van der Waals surface area (Å²) in [4.78, 5) is 22.4. The second-order valence-electron chi connectivity index (χ2n) is 4.62. The summed E-state index contributed by atoms with van der Waals surface area (Å²) >= 11 is 0. The molecule has 18 heavy (non-hydrogen) atoms. The first-order valence-electron chi connectivity index (χ1n) is 5.72. The smallest absolute Gasteiger partial charge is 0.337 e. The molecule has 0 saturated carbocycles. The molecule has 1 atom stereocenters. The van der Waals surface area contributed by atoms with Gasteiger partial charge in [-0.2, -0.15) is 0 Å². The maximum absolute atomic E-state index is 11.3. The second kappa shape index (κ2) is 5.53. The number of carboxylic acid groups (broad SMARTS) is 1. The lowest BCUT2D eigenvalue weighted by atomic mass is 10.0. The molecule has 98 valence electrons. The fourth-order valence-corrected chi connectivity index (χ4v) is 1.70. The number of carbonyl (C=O) groups is 2. The van der Waals surface area contributed by atoms with E-state index >= 15 is 0 Å². The lowest BCUT2D eigenvalue weighted by Gasteiger charge is -2.21. The van der Waals surface area contributed by atoms with Crippen molar-refractivity contribution in [2.45, 2.75) is 26.8 Å². The van der Waals surface area contributed by atoms with Crippen LogP contribution < -0.4 is 11.1 Å². The van der Waals surface area contributed by atoms with Crippen LogP contribution in [0.4, 0.5) is 5.69 Å². The zero-order chi connectivity index (χ0) is 13.9. The molecular weight excluding hydrogens is 232 g/mol. The zero-order valence-corrected chi connectivity index (χ0v) is 10.7. The first-order chi connectivity index (χ1) is 8.32. The van der Waals surface area contributed by atoms with E-state index in [9.17, 15) is 9.59 Å². The molecule has 4 N–H and O–H groups in total. The minimum atomic E-state index is -1.04. The number of hydrogen-bond donors (Lipinski definition) is 3. The molecule has 5 heteroatoms. The third kappa shape index (κ3) is 3.23. The summed E-state index contributed by atoms with van der Waals surface area (Å²) in [5.74, 6) is -1.56. The summed E-state index contributed by atoms with van der Waals surface area (Å²) in [6.45, 7) is 5.54. The van der Waals surface area contributed by atoms with Crippen molar-refractivity contribution in [3.05, 3.63) is 29.3 Å². The molecule has 1 aromatic rings. The largest absolute Gasteiger partial charge is 0.478 e. The number of carbonyl (C=O) groups excluding carboxylic acids is 1. The minimum Gasteiger partial charge on any atom is -0.478 e. The number of primary amides is 1. The van der Waals surface area contributed by atoms with Crippen LogP contribution in [0.1, 0.15) is 29.8 Å². The van der Waals surface area contributed by atoms with Gasteiger partial charge >= 0.3 is 5.97 Å². The highest BCUT2D eigenvalue weighted by Crippen LogP contribution is 2.20. The Morgan fingerprint density at radius 3 is 2.39 bits per heavy atom. The van der Waals surface area contributed by atoms with E-state index in [1.54, 1.807) is 12.1 Å². The molecule has 0 aliphatic heterocycles. The monoisotopic (exact) mass is 250 g/mol. The van der Waals surface area contributed by atoms with Gasteiger partial charge in [0.25, 0.3) is 0 Å². The molecule has 0 fully saturated rings. The summed E-state index contributed by atoms with van der Waals surface area (Å²) in [5, 5.41) is 12.0. The Hall–Kier alpha value is -2.04. The van der Waals surface area contributed by atoms with E-state index in [4.69, 9.17) is 10.8 Å². The molecule has 0 spiro atoms. The van der Waals surface area contributed by atoms with Crippen molar-refractivity contribution in [1.29, 1.82) is 0 Å². The summed E-state index contributed by atoms with van der Waals surface area (Å²) in [6.07, 6.45) is 0. The number of anilines is 1. The number of aryl methyl sites for hydroxylation is 1. The van der Waals surface area contributed by atoms with Crippen molar-refractivity contribution >= 4 is 17.6 Å². The van der Waals surface area contributed by atoms with Crippen molar-refractivity contribution in [1.82, 2.24) is 0 Å². The van der Waals surface area contributed by atoms with Gasteiger partial charge in [0, 0.05) is 5.69 Å². The van der Waals surface area contributed by atoms with Gasteiger partial charge in [0.1, 0.15) is 6.04 Å². The Morgan fingerprint density at radius 1 is 1.33 bits per heavy atom. The van der Waals surface area contributed by atoms with Gasteiger partial charge in [-0.3, -0.25) is 4.79 Å². The standard InChI is InChI=1S/C13H18N2O3/c1-7(2)11(12(14)16)15-10-6-8(3)4-5-9(10)13(17)18/h4-7,11,15H,1-3H3,(H2,14,16)(H,17,18). The van der Waals surface area contributed by atoms with E-state index in [1.165, 1.54) is 6.07 Å². The third-order valence-electron chi connectivity index (χ3n) is 2.69. The Kier molecular flexibility index (Phi) is 4.31. The average Bonchev–Trinajstić information content (AvgIpc) is 2.24. The highest BCUT2D eigenvalue weighted by Gasteiger charge is 2.21. The van der Waals surface area contributed by atoms with E-state index in [0.29, 0.717) is 5.69 Å². The van der Waals surface area contributed by atoms with Crippen molar-refractivity contribution < 1.29 is 14.7 Å². The summed E-state index contributed by atoms with van der Waals surface area (Å²) in [7, 11) is 0. The third-order valence-corrected chi connectivity index (χ3v) is 2.69. The topological polar surface area (TPSA) is 92.4 Å². The molecule has 1 unspecified atom stereocenters. The van der Waals surface area contributed by atoms with Crippen LogP contribution in [0.2, 0.25) is 0 Å². The van der Waals surface area contributed by atoms with Crippen LogP contribution in [-0.2, 0) is 4.79 Å². The van der Waals surface area contributed by atoms with Gasteiger partial charge < -0.3 is 16.2 Å². The lowest BCUT2D eigenvalue weighted by Crippen LogP contribution is -2.39. The summed E-state index contributed by atoms with van der Waals surface area (Å²) in [6, 6.07) is 4.33. The van der Waals surface area contributed by atoms with Crippen molar-refractivity contribution in [2.24, 2.45) is 11.7 Å². The number of nitrogens with two attached hydrogens (primary N) is 1. The zero-order valence-electron chi connectivity index (χ0n) is 10.7. The number of aromatic carboxylic acids is 1. The highest BCUT2D eigenvalue weighted by molar-refractivity contribution is 5.95. The Labute approximate surface area is 106 Å². The summed E-state index contributed by atoms with van der Waals surface area (Å²) < 4.78 is 0. The Balaban J connectivity index is 3.12.